The predicted octanol–water partition coefficient (Wildman–Crippen LogP) is 3.60. The van der Waals surface area contributed by atoms with Gasteiger partial charge in [0.2, 0.25) is 0 Å². The van der Waals surface area contributed by atoms with Crippen molar-refractivity contribution in [3.8, 4) is 0 Å². The summed E-state index contributed by atoms with van der Waals surface area (Å²) in [7, 11) is 0. The summed E-state index contributed by atoms with van der Waals surface area (Å²) in [6.07, 6.45) is 3.30. The molecular formula is C18H30N2O3. The summed E-state index contributed by atoms with van der Waals surface area (Å²) >= 11 is 0. The van der Waals surface area contributed by atoms with Crippen LogP contribution in [-0.2, 0) is 11.3 Å². The van der Waals surface area contributed by atoms with Crippen LogP contribution >= 0.6 is 0 Å². The summed E-state index contributed by atoms with van der Waals surface area (Å²) in [5.41, 5.74) is 2.49. The number of hydrogen-bond donors (Lipinski definition) is 1. The Morgan fingerprint density at radius 3 is 2.13 bits per heavy atom. The van der Waals surface area contributed by atoms with E-state index in [1.54, 1.807) is 4.90 Å². The zero-order valence-corrected chi connectivity index (χ0v) is 15.1. The van der Waals surface area contributed by atoms with Gasteiger partial charge in [-0.15, -0.1) is 0 Å². The average molecular weight is 322 g/mol. The second-order valence-electron chi connectivity index (χ2n) is 6.94. The highest BCUT2D eigenvalue weighted by atomic mass is 16.6. The molecule has 1 saturated heterocycles. The lowest BCUT2D eigenvalue weighted by Gasteiger charge is -2.29. The summed E-state index contributed by atoms with van der Waals surface area (Å²) in [6, 6.07) is 3.76. The molecule has 2 heterocycles. The number of piperidine rings is 1. The third-order valence-electron chi connectivity index (χ3n) is 3.33. The Hall–Kier alpha value is -1.62. The minimum absolute atomic E-state index is 0.101. The molecule has 0 atom stereocenters. The van der Waals surface area contributed by atoms with Crippen LogP contribution in [0.5, 0.6) is 0 Å². The van der Waals surface area contributed by atoms with E-state index in [1.165, 1.54) is 6.42 Å². The molecule has 1 aromatic rings. The topological polar surface area (TPSA) is 62.7 Å². The van der Waals surface area contributed by atoms with E-state index in [0.29, 0.717) is 0 Å². The van der Waals surface area contributed by atoms with Gasteiger partial charge < -0.3 is 14.7 Å². The maximum absolute atomic E-state index is 11.5. The summed E-state index contributed by atoms with van der Waals surface area (Å²) < 4.78 is 5.26. The minimum Gasteiger partial charge on any atom is -0.444 e. The Bertz CT molecular complexity index is 483. The molecule has 130 valence electrons. The Kier molecular flexibility index (Phi) is 7.49. The van der Waals surface area contributed by atoms with Gasteiger partial charge in [0.25, 0.3) is 0 Å². The van der Waals surface area contributed by atoms with E-state index in [4.69, 9.17) is 9.84 Å². The summed E-state index contributed by atoms with van der Waals surface area (Å²) in [5, 5.41) is 8.76. The molecule has 1 amide bonds. The van der Waals surface area contributed by atoms with Gasteiger partial charge in [-0.05, 0) is 71.6 Å². The molecule has 0 aliphatic carbocycles. The van der Waals surface area contributed by atoms with E-state index in [1.807, 2.05) is 46.8 Å². The molecule has 0 spiro atoms. The first-order valence-corrected chi connectivity index (χ1v) is 8.24. The van der Waals surface area contributed by atoms with Crippen molar-refractivity contribution in [2.24, 2.45) is 0 Å². The zero-order chi connectivity index (χ0) is 17.5. The highest BCUT2D eigenvalue weighted by Gasteiger charge is 2.22. The third-order valence-corrected chi connectivity index (χ3v) is 3.33. The van der Waals surface area contributed by atoms with Gasteiger partial charge in [-0.2, -0.15) is 0 Å². The Balaban J connectivity index is 0.000000238. The molecule has 0 bridgehead atoms. The SMILES string of the molecule is CC(C)(C)OC(=O)N1CCCCC1.Cc1cc(CO)cc(C)n1. The Morgan fingerprint density at radius 2 is 1.70 bits per heavy atom. The van der Waals surface area contributed by atoms with Crippen LogP contribution in [0.1, 0.15) is 57.0 Å². The van der Waals surface area contributed by atoms with Crippen LogP contribution in [0.3, 0.4) is 0 Å². The molecule has 1 aliphatic heterocycles. The number of carbonyl (C=O) groups is 1. The number of aliphatic hydroxyl groups excluding tert-OH is 1. The number of pyridine rings is 1. The molecule has 1 aliphatic rings. The first kappa shape index (κ1) is 19.4. The van der Waals surface area contributed by atoms with E-state index in [9.17, 15) is 4.79 Å². The van der Waals surface area contributed by atoms with Crippen molar-refractivity contribution < 1.29 is 14.6 Å². The van der Waals surface area contributed by atoms with Crippen LogP contribution in [0, 0.1) is 13.8 Å². The Morgan fingerprint density at radius 1 is 1.17 bits per heavy atom. The van der Waals surface area contributed by atoms with Crippen molar-refractivity contribution in [2.45, 2.75) is 66.1 Å². The number of likely N-dealkylation sites (tertiary alicyclic amines) is 1. The standard InChI is InChI=1S/C10H19NO2.C8H11NO/c1-10(2,3)13-9(12)11-7-5-4-6-8-11;1-6-3-8(5-10)4-7(2)9-6/h4-8H2,1-3H3;3-4,10H,5H2,1-2H3. The third kappa shape index (κ3) is 7.98. The molecule has 0 aromatic carbocycles. The maximum atomic E-state index is 11.5. The van der Waals surface area contributed by atoms with E-state index >= 15 is 0 Å². The number of hydrogen-bond acceptors (Lipinski definition) is 4. The van der Waals surface area contributed by atoms with Gasteiger partial charge in [-0.25, -0.2) is 4.79 Å². The molecule has 23 heavy (non-hydrogen) atoms. The largest absolute Gasteiger partial charge is 0.444 e. The highest BCUT2D eigenvalue weighted by Crippen LogP contribution is 2.14. The fourth-order valence-electron chi connectivity index (χ4n) is 2.42. The fraction of sp³-hybridized carbons (Fsp3) is 0.667. The number of aliphatic hydroxyl groups is 1. The molecule has 1 aromatic heterocycles. The van der Waals surface area contributed by atoms with Crippen molar-refractivity contribution in [3.63, 3.8) is 0 Å². The van der Waals surface area contributed by atoms with E-state index < -0.39 is 0 Å². The monoisotopic (exact) mass is 322 g/mol. The summed E-state index contributed by atoms with van der Waals surface area (Å²) in [5.74, 6) is 0. The van der Waals surface area contributed by atoms with Gasteiger partial charge in [0, 0.05) is 24.5 Å². The van der Waals surface area contributed by atoms with Crippen molar-refractivity contribution >= 4 is 6.09 Å². The molecule has 5 nitrogen and oxygen atoms in total. The smallest absolute Gasteiger partial charge is 0.410 e. The lowest BCUT2D eigenvalue weighted by Crippen LogP contribution is -2.39. The van der Waals surface area contributed by atoms with E-state index in [2.05, 4.69) is 4.98 Å². The van der Waals surface area contributed by atoms with Gasteiger partial charge in [0.05, 0.1) is 6.61 Å². The second kappa shape index (κ2) is 8.87. The van der Waals surface area contributed by atoms with Crippen LogP contribution in [0.2, 0.25) is 0 Å². The number of amides is 1. The number of aromatic nitrogens is 1. The van der Waals surface area contributed by atoms with Crippen LogP contribution < -0.4 is 0 Å². The van der Waals surface area contributed by atoms with Crippen molar-refractivity contribution in [1.29, 1.82) is 0 Å². The molecule has 0 saturated carbocycles. The predicted molar refractivity (Wildman–Crippen MR) is 91.3 cm³/mol. The first-order valence-electron chi connectivity index (χ1n) is 8.24. The van der Waals surface area contributed by atoms with Gasteiger partial charge in [0.15, 0.2) is 0 Å². The Labute approximate surface area is 139 Å². The molecule has 1 fully saturated rings. The number of aryl methyl sites for hydroxylation is 2. The van der Waals surface area contributed by atoms with Crippen molar-refractivity contribution in [2.75, 3.05) is 13.1 Å². The highest BCUT2D eigenvalue weighted by molar-refractivity contribution is 5.68. The van der Waals surface area contributed by atoms with Crippen molar-refractivity contribution in [1.82, 2.24) is 9.88 Å². The van der Waals surface area contributed by atoms with E-state index in [-0.39, 0.29) is 18.3 Å². The van der Waals surface area contributed by atoms with Gasteiger partial charge in [0.1, 0.15) is 5.60 Å². The number of nitrogens with zero attached hydrogens (tertiary/aromatic N) is 2. The molecular weight excluding hydrogens is 292 g/mol. The van der Waals surface area contributed by atoms with Gasteiger partial charge in [-0.1, -0.05) is 0 Å². The molecule has 1 N–H and O–H groups in total. The van der Waals surface area contributed by atoms with Gasteiger partial charge in [-0.3, -0.25) is 4.98 Å². The lowest BCUT2D eigenvalue weighted by molar-refractivity contribution is 0.0216. The molecule has 2 rings (SSSR count). The first-order chi connectivity index (χ1) is 10.7. The summed E-state index contributed by atoms with van der Waals surface area (Å²) in [4.78, 5) is 17.5. The van der Waals surface area contributed by atoms with Crippen LogP contribution in [0.4, 0.5) is 4.79 Å². The zero-order valence-electron chi connectivity index (χ0n) is 15.1. The number of carbonyl (C=O) groups excluding carboxylic acids is 1. The normalized spacial score (nSPS) is 14.8. The number of ether oxygens (including phenoxy) is 1. The van der Waals surface area contributed by atoms with Crippen LogP contribution in [-0.4, -0.2) is 39.8 Å². The quantitative estimate of drug-likeness (QED) is 0.858. The van der Waals surface area contributed by atoms with Crippen LogP contribution in [0.15, 0.2) is 12.1 Å². The second-order valence-corrected chi connectivity index (χ2v) is 6.94. The molecule has 0 unspecified atom stereocenters. The number of rotatable bonds is 1. The fourth-order valence-corrected chi connectivity index (χ4v) is 2.42. The molecule has 0 radical (unpaired) electrons. The summed E-state index contributed by atoms with van der Waals surface area (Å²) in [6.45, 7) is 11.4. The van der Waals surface area contributed by atoms with Crippen LogP contribution in [0.25, 0.3) is 0 Å². The lowest BCUT2D eigenvalue weighted by atomic mass is 10.1. The van der Waals surface area contributed by atoms with Crippen molar-refractivity contribution in [3.05, 3.63) is 29.1 Å². The maximum Gasteiger partial charge on any atom is 0.410 e. The minimum atomic E-state index is -0.367. The van der Waals surface area contributed by atoms with Gasteiger partial charge >= 0.3 is 6.09 Å². The average Bonchev–Trinajstić information content (AvgIpc) is 2.46. The molecule has 5 heteroatoms. The van der Waals surface area contributed by atoms with E-state index in [0.717, 1.165) is 42.9 Å².